The summed E-state index contributed by atoms with van der Waals surface area (Å²) in [7, 11) is 0. The van der Waals surface area contributed by atoms with Crippen LogP contribution in [-0.2, 0) is 4.89 Å². The number of fused-ring (bicyclic) bond motifs is 2. The van der Waals surface area contributed by atoms with E-state index in [0.717, 1.165) is 11.8 Å². The van der Waals surface area contributed by atoms with Crippen LogP contribution in [-0.4, -0.2) is 10.9 Å². The van der Waals surface area contributed by atoms with Gasteiger partial charge in [-0.25, -0.2) is 4.89 Å². The van der Waals surface area contributed by atoms with E-state index < -0.39 is 0 Å². The van der Waals surface area contributed by atoms with Crippen LogP contribution in [0.2, 0.25) is 0 Å². The monoisotopic (exact) mass is 212 g/mol. The Labute approximate surface area is 92.9 Å². The van der Waals surface area contributed by atoms with Gasteiger partial charge in [0.1, 0.15) is 5.60 Å². The quantitative estimate of drug-likeness (QED) is 0.556. The number of rotatable bonds is 2. The molecule has 2 saturated carbocycles. The molecule has 88 valence electrons. The SMILES string of the molecule is CC1CC2CCCC(C(C)(C)OO)(C1)C2. The van der Waals surface area contributed by atoms with Crippen LogP contribution < -0.4 is 0 Å². The molecule has 1 N–H and O–H groups in total. The fourth-order valence-corrected chi connectivity index (χ4v) is 4.08. The molecule has 2 rings (SSSR count). The van der Waals surface area contributed by atoms with Gasteiger partial charge in [-0.05, 0) is 51.4 Å². The Bertz CT molecular complexity index is 233. The highest BCUT2D eigenvalue weighted by Crippen LogP contribution is 2.56. The fourth-order valence-electron chi connectivity index (χ4n) is 4.08. The minimum Gasteiger partial charge on any atom is -0.251 e. The predicted molar refractivity (Wildman–Crippen MR) is 60.6 cm³/mol. The van der Waals surface area contributed by atoms with Crippen LogP contribution in [0.25, 0.3) is 0 Å². The second kappa shape index (κ2) is 3.74. The molecule has 0 heterocycles. The molecule has 2 nitrogen and oxygen atoms in total. The third-order valence-corrected chi connectivity index (χ3v) is 4.93. The van der Waals surface area contributed by atoms with Gasteiger partial charge in [-0.15, -0.1) is 0 Å². The lowest BCUT2D eigenvalue weighted by Gasteiger charge is -2.54. The van der Waals surface area contributed by atoms with Crippen LogP contribution >= 0.6 is 0 Å². The summed E-state index contributed by atoms with van der Waals surface area (Å²) in [4.78, 5) is 4.80. The van der Waals surface area contributed by atoms with Crippen LogP contribution in [0.15, 0.2) is 0 Å². The van der Waals surface area contributed by atoms with Crippen molar-refractivity contribution in [3.8, 4) is 0 Å². The van der Waals surface area contributed by atoms with Gasteiger partial charge in [-0.1, -0.05) is 19.8 Å². The first-order chi connectivity index (χ1) is 6.99. The first-order valence-electron chi connectivity index (χ1n) is 6.32. The van der Waals surface area contributed by atoms with Gasteiger partial charge in [0, 0.05) is 5.41 Å². The van der Waals surface area contributed by atoms with Crippen molar-refractivity contribution in [3.05, 3.63) is 0 Å². The van der Waals surface area contributed by atoms with E-state index in [1.54, 1.807) is 0 Å². The van der Waals surface area contributed by atoms with Gasteiger partial charge in [0.25, 0.3) is 0 Å². The number of hydrogen-bond acceptors (Lipinski definition) is 2. The highest BCUT2D eigenvalue weighted by Gasteiger charge is 2.52. The van der Waals surface area contributed by atoms with E-state index in [1.807, 2.05) is 13.8 Å². The summed E-state index contributed by atoms with van der Waals surface area (Å²) in [5.41, 5.74) is -0.150. The van der Waals surface area contributed by atoms with Gasteiger partial charge in [-0.3, -0.25) is 5.26 Å². The van der Waals surface area contributed by atoms with Crippen LogP contribution in [0.4, 0.5) is 0 Å². The first-order valence-corrected chi connectivity index (χ1v) is 6.32. The summed E-state index contributed by atoms with van der Waals surface area (Å²) in [5, 5.41) is 9.14. The summed E-state index contributed by atoms with van der Waals surface area (Å²) in [5.74, 6) is 1.66. The summed E-state index contributed by atoms with van der Waals surface area (Å²) in [6, 6.07) is 0. The van der Waals surface area contributed by atoms with Crippen molar-refractivity contribution in [3.63, 3.8) is 0 Å². The molecule has 15 heavy (non-hydrogen) atoms. The molecule has 2 aliphatic rings. The van der Waals surface area contributed by atoms with E-state index in [0.29, 0.717) is 0 Å². The van der Waals surface area contributed by atoms with Crippen molar-refractivity contribution in [1.29, 1.82) is 0 Å². The van der Waals surface area contributed by atoms with E-state index in [2.05, 4.69) is 6.92 Å². The summed E-state index contributed by atoms with van der Waals surface area (Å²) in [6.07, 6.45) is 7.77. The van der Waals surface area contributed by atoms with E-state index in [4.69, 9.17) is 10.1 Å². The molecule has 3 unspecified atom stereocenters. The summed E-state index contributed by atoms with van der Waals surface area (Å²) in [6.45, 7) is 6.44. The van der Waals surface area contributed by atoms with E-state index in [1.165, 1.54) is 38.5 Å². The normalized spacial score (nSPS) is 41.6. The molecule has 0 aromatic heterocycles. The van der Waals surface area contributed by atoms with Gasteiger partial charge in [0.2, 0.25) is 0 Å². The molecular weight excluding hydrogens is 188 g/mol. The van der Waals surface area contributed by atoms with Crippen LogP contribution in [0.5, 0.6) is 0 Å². The van der Waals surface area contributed by atoms with E-state index in [9.17, 15) is 0 Å². The maximum absolute atomic E-state index is 9.14. The van der Waals surface area contributed by atoms with Crippen molar-refractivity contribution in [2.45, 2.75) is 64.9 Å². The second-order valence-electron chi connectivity index (χ2n) is 6.39. The molecule has 0 radical (unpaired) electrons. The predicted octanol–water partition coefficient (Wildman–Crippen LogP) is 3.86. The van der Waals surface area contributed by atoms with Crippen LogP contribution in [0.3, 0.4) is 0 Å². The molecule has 3 atom stereocenters. The molecule has 2 aliphatic carbocycles. The summed E-state index contributed by atoms with van der Waals surface area (Å²) >= 11 is 0. The molecule has 0 spiro atoms. The van der Waals surface area contributed by atoms with Crippen LogP contribution in [0, 0.1) is 17.3 Å². The Morgan fingerprint density at radius 1 is 1.33 bits per heavy atom. The minimum atomic E-state index is -0.375. The average Bonchev–Trinajstić information content (AvgIpc) is 2.16. The molecule has 2 heteroatoms. The molecule has 2 bridgehead atoms. The van der Waals surface area contributed by atoms with Crippen molar-refractivity contribution in [2.75, 3.05) is 0 Å². The van der Waals surface area contributed by atoms with Gasteiger partial charge in [-0.2, -0.15) is 0 Å². The number of hydrogen-bond donors (Lipinski definition) is 1. The zero-order valence-corrected chi connectivity index (χ0v) is 10.3. The highest BCUT2D eigenvalue weighted by molar-refractivity contribution is 5.01. The lowest BCUT2D eigenvalue weighted by molar-refractivity contribution is -0.352. The van der Waals surface area contributed by atoms with E-state index >= 15 is 0 Å². The van der Waals surface area contributed by atoms with Crippen molar-refractivity contribution >= 4 is 0 Å². The second-order valence-corrected chi connectivity index (χ2v) is 6.39. The Kier molecular flexibility index (Phi) is 2.85. The lowest BCUT2D eigenvalue weighted by atomic mass is 9.53. The Balaban J connectivity index is 2.24. The smallest absolute Gasteiger partial charge is 0.103 e. The molecule has 0 aromatic carbocycles. The Hall–Kier alpha value is -0.0800. The Morgan fingerprint density at radius 3 is 2.73 bits per heavy atom. The molecule has 2 fully saturated rings. The van der Waals surface area contributed by atoms with Gasteiger partial charge in [0.15, 0.2) is 0 Å². The van der Waals surface area contributed by atoms with Gasteiger partial charge < -0.3 is 0 Å². The van der Waals surface area contributed by atoms with Gasteiger partial charge in [0.05, 0.1) is 0 Å². The molecule has 0 aromatic rings. The van der Waals surface area contributed by atoms with Gasteiger partial charge >= 0.3 is 0 Å². The van der Waals surface area contributed by atoms with Crippen LogP contribution in [0.1, 0.15) is 59.3 Å². The standard InChI is InChI=1S/C13H24O2/c1-10-7-11-5-4-6-13(8-10,9-11)12(2,3)15-14/h10-11,14H,4-9H2,1-3H3. The highest BCUT2D eigenvalue weighted by atomic mass is 17.1. The zero-order chi connectivity index (χ0) is 11.1. The molecule has 0 amide bonds. The Morgan fingerprint density at radius 2 is 2.07 bits per heavy atom. The maximum Gasteiger partial charge on any atom is 0.103 e. The average molecular weight is 212 g/mol. The maximum atomic E-state index is 9.14. The fraction of sp³-hybridized carbons (Fsp3) is 1.00. The van der Waals surface area contributed by atoms with Crippen molar-refractivity contribution in [1.82, 2.24) is 0 Å². The zero-order valence-electron chi connectivity index (χ0n) is 10.3. The van der Waals surface area contributed by atoms with Crippen molar-refractivity contribution in [2.24, 2.45) is 17.3 Å². The topological polar surface area (TPSA) is 29.5 Å². The third-order valence-electron chi connectivity index (χ3n) is 4.93. The summed E-state index contributed by atoms with van der Waals surface area (Å²) < 4.78 is 0. The molecule has 0 saturated heterocycles. The van der Waals surface area contributed by atoms with Crippen molar-refractivity contribution < 1.29 is 10.1 Å². The lowest BCUT2D eigenvalue weighted by Crippen LogP contribution is -2.51. The largest absolute Gasteiger partial charge is 0.251 e. The third kappa shape index (κ3) is 1.83. The first kappa shape index (κ1) is 11.4. The van der Waals surface area contributed by atoms with E-state index in [-0.39, 0.29) is 11.0 Å². The minimum absolute atomic E-state index is 0.225. The molecule has 0 aliphatic heterocycles. The molecular formula is C13H24O2.